The number of benzene rings is 1. The van der Waals surface area contributed by atoms with Gasteiger partial charge in [-0.05, 0) is 0 Å². The molecule has 0 aromatic heterocycles. The standard InChI is InChI=1S/C14H14Br2N.C5H5.Fe/c1-17(2)14(11-7-5-9-13(11)16)10-6-3-4-8-12(10)15;1-2-4-5-3-1;/h3-9,14H,1-2H3;1-5H;/t14-;;/m1../s1. The Labute approximate surface area is 143 Å². The Morgan fingerprint density at radius 2 is 1.61 bits per heavy atom. The van der Waals surface area contributed by atoms with Crippen LogP contribution in [0.2, 0.25) is 42.8 Å². The monoisotopic (exact) mass is 475 g/mol. The first kappa shape index (κ1) is 10.7. The molecule has 1 aromatic rings. The van der Waals surface area contributed by atoms with E-state index in [1.54, 1.807) is 5.56 Å². The Hall–Kier alpha value is 0.659. The van der Waals surface area contributed by atoms with Crippen molar-refractivity contribution in [3.05, 3.63) is 34.3 Å². The zero-order valence-corrected chi connectivity index (χ0v) is 17.3. The summed E-state index contributed by atoms with van der Waals surface area (Å²) in [5.74, 6) is 0. The summed E-state index contributed by atoms with van der Waals surface area (Å²) in [7, 11) is 4.74. The van der Waals surface area contributed by atoms with Crippen LogP contribution in [0.5, 0.6) is 0 Å². The van der Waals surface area contributed by atoms with Crippen LogP contribution >= 0.6 is 31.9 Å². The van der Waals surface area contributed by atoms with E-state index in [2.05, 4.69) is 75.1 Å². The van der Waals surface area contributed by atoms with Gasteiger partial charge in [-0.15, -0.1) is 0 Å². The van der Waals surface area contributed by atoms with E-state index in [-0.39, 0.29) is 0 Å². The molecule has 0 aliphatic carbocycles. The molecule has 4 heteroatoms. The third kappa shape index (κ3) is 0.152. The second-order valence-corrected chi connectivity index (χ2v) is 38.7. The zero-order chi connectivity index (χ0) is 15.1. The van der Waals surface area contributed by atoms with Crippen LogP contribution in [0, 0.1) is 0 Å². The number of hydrogen-bond donors (Lipinski definition) is 0. The molecule has 1 aromatic carbocycles. The Bertz CT molecular complexity index is 1310. The summed E-state index contributed by atoms with van der Waals surface area (Å²) >= 11 is 8.56. The van der Waals surface area contributed by atoms with Gasteiger partial charge in [0.25, 0.3) is 0 Å². The maximum atomic E-state index is 4.64. The van der Waals surface area contributed by atoms with Crippen molar-refractivity contribution in [2.24, 2.45) is 0 Å². The third-order valence-corrected chi connectivity index (χ3v) is 67.8. The van der Waals surface area contributed by atoms with E-state index < -0.39 is 6.51 Å². The van der Waals surface area contributed by atoms with Gasteiger partial charge >= 0.3 is 144 Å². The molecule has 23 heavy (non-hydrogen) atoms. The fourth-order valence-corrected chi connectivity index (χ4v) is 107. The summed E-state index contributed by atoms with van der Waals surface area (Å²) in [6.45, 7) is -3.28. The van der Waals surface area contributed by atoms with Crippen molar-refractivity contribution in [2.45, 2.75) is 52.1 Å². The molecular weight excluding hydrogens is 458 g/mol. The molecule has 0 bridgehead atoms. The summed E-state index contributed by atoms with van der Waals surface area (Å²) in [4.78, 5) is 13.3. The number of alkyl halides is 1. The number of hydrogen-bond acceptors (Lipinski definition) is 1. The van der Waals surface area contributed by atoms with Gasteiger partial charge < -0.3 is 0 Å². The number of halogens is 2. The van der Waals surface area contributed by atoms with Crippen molar-refractivity contribution < 1.29 is 6.51 Å². The summed E-state index contributed by atoms with van der Waals surface area (Å²) < 4.78 is 2.87. The van der Waals surface area contributed by atoms with E-state index in [9.17, 15) is 0 Å². The van der Waals surface area contributed by atoms with Crippen LogP contribution in [0.15, 0.2) is 28.7 Å². The molecule has 1 spiro atoms. The summed E-state index contributed by atoms with van der Waals surface area (Å²) in [6.07, 6.45) is 0. The second kappa shape index (κ2) is 1.11. The normalized spacial score (nSPS) is 96.0. The molecule has 10 saturated heterocycles. The van der Waals surface area contributed by atoms with Gasteiger partial charge in [0.05, 0.1) is 0 Å². The molecule has 10 aliphatic heterocycles. The van der Waals surface area contributed by atoms with Gasteiger partial charge in [0.2, 0.25) is 0 Å². The van der Waals surface area contributed by atoms with Crippen molar-refractivity contribution >= 4 is 31.9 Å². The van der Waals surface area contributed by atoms with Crippen LogP contribution < -0.4 is 0 Å². The van der Waals surface area contributed by atoms with Gasteiger partial charge in [0, 0.05) is 0 Å². The van der Waals surface area contributed by atoms with E-state index in [0.717, 1.165) is 7.54 Å². The molecule has 1 nitrogen and oxygen atoms in total. The Morgan fingerprint density at radius 1 is 1.00 bits per heavy atom. The van der Waals surface area contributed by atoms with Crippen LogP contribution in [0.3, 0.4) is 0 Å². The van der Waals surface area contributed by atoms with Crippen LogP contribution in [0.4, 0.5) is 0 Å². The molecule has 10 heterocycles. The predicted octanol–water partition coefficient (Wildman–Crippen LogP) is 6.11. The van der Waals surface area contributed by atoms with E-state index in [4.69, 9.17) is 0 Å². The predicted molar refractivity (Wildman–Crippen MR) is 94.9 cm³/mol. The van der Waals surface area contributed by atoms with Crippen LogP contribution in [0.25, 0.3) is 0 Å². The molecule has 0 amide bonds. The van der Waals surface area contributed by atoms with Crippen LogP contribution in [0.1, 0.15) is 11.6 Å². The minimum atomic E-state index is -3.28. The van der Waals surface area contributed by atoms with Crippen molar-refractivity contribution in [3.63, 3.8) is 0 Å². The second-order valence-electron chi connectivity index (χ2n) is 12.6. The molecule has 11 rings (SSSR count). The van der Waals surface area contributed by atoms with Gasteiger partial charge in [-0.25, -0.2) is 0 Å². The fraction of sp³-hybridized carbons (Fsp3) is 0.684. The topological polar surface area (TPSA) is 3.24 Å². The Kier molecular flexibility index (Phi) is 0.520. The molecule has 0 N–H and O–H groups in total. The molecular formula is C19H19Br2FeN. The SMILES string of the molecule is CN(C)[C@H](c1ccccc1Br)[C]12[CH]3[CH]4[CH]5[C]1(Br)[Fe]45321678[CH]2[CH]1[CH]6[CH]7[CH]28. The van der Waals surface area contributed by atoms with Gasteiger partial charge in [-0.3, -0.25) is 0 Å². The summed E-state index contributed by atoms with van der Waals surface area (Å²) in [6, 6.07) is 9.83. The van der Waals surface area contributed by atoms with E-state index in [1.165, 1.54) is 43.0 Å². The molecule has 0 saturated carbocycles. The third-order valence-electron chi connectivity index (χ3n) is 16.9. The average molecular weight is 477 g/mol. The minimum absolute atomic E-state index is 0.682. The first-order valence-corrected chi connectivity index (χ1v) is 16.9. The Balaban J connectivity index is 1.39. The first-order valence-electron chi connectivity index (χ1n) is 9.08. The molecule has 10 aliphatic rings. The Morgan fingerprint density at radius 3 is 1.96 bits per heavy atom. The van der Waals surface area contributed by atoms with E-state index in [0.29, 0.717) is 6.04 Å². The molecule has 122 valence electrons. The quantitative estimate of drug-likeness (QED) is 0.375. The van der Waals surface area contributed by atoms with E-state index in [1.807, 2.05) is 0 Å². The van der Waals surface area contributed by atoms with Gasteiger partial charge in [0.1, 0.15) is 0 Å². The first-order chi connectivity index (χ1) is 10.8. The molecule has 0 radical (unpaired) electrons. The van der Waals surface area contributed by atoms with E-state index >= 15 is 0 Å². The van der Waals surface area contributed by atoms with Crippen molar-refractivity contribution in [1.29, 1.82) is 0 Å². The molecule has 10 fully saturated rings. The number of nitrogens with zero attached hydrogens (tertiary/aromatic N) is 1. The maximum absolute atomic E-state index is 4.64. The summed E-state index contributed by atoms with van der Waals surface area (Å²) in [5.41, 5.74) is 1.60. The zero-order valence-electron chi connectivity index (χ0n) is 13.1. The summed E-state index contributed by atoms with van der Waals surface area (Å²) in [5, 5.41) is 0. The van der Waals surface area contributed by atoms with Gasteiger partial charge in [0.15, 0.2) is 0 Å². The molecule has 5 unspecified atom stereocenters. The average Bonchev–Trinajstić information content (AvgIpc) is 3.45. The van der Waals surface area contributed by atoms with Crippen molar-refractivity contribution in [3.8, 4) is 0 Å². The van der Waals surface area contributed by atoms with Crippen molar-refractivity contribution in [2.75, 3.05) is 14.1 Å². The van der Waals surface area contributed by atoms with Gasteiger partial charge in [-0.2, -0.15) is 0 Å². The fourth-order valence-electron chi connectivity index (χ4n) is 18.7. The van der Waals surface area contributed by atoms with Crippen LogP contribution in [-0.2, 0) is 6.51 Å². The number of fused-ring (bicyclic) bond motifs is 10. The molecule has 6 atom stereocenters. The number of rotatable bonds is 3. The van der Waals surface area contributed by atoms with Crippen molar-refractivity contribution in [1.82, 2.24) is 4.90 Å². The van der Waals surface area contributed by atoms with Gasteiger partial charge in [-0.1, -0.05) is 0 Å². The van der Waals surface area contributed by atoms with Crippen LogP contribution in [-0.4, -0.2) is 22.2 Å².